The van der Waals surface area contributed by atoms with Crippen molar-refractivity contribution in [2.24, 2.45) is 0 Å². The summed E-state index contributed by atoms with van der Waals surface area (Å²) < 4.78 is 15.7. The fourth-order valence-corrected chi connectivity index (χ4v) is 1.46. The molecule has 1 rings (SSSR count). The highest BCUT2D eigenvalue weighted by atomic mass is 16.5. The summed E-state index contributed by atoms with van der Waals surface area (Å²) in [6, 6.07) is 3.35. The van der Waals surface area contributed by atoms with E-state index in [-0.39, 0.29) is 5.78 Å². The SMILES string of the molecule is CCOc1cc(OC)cc(OC)c1C(C)=O. The zero-order valence-electron chi connectivity index (χ0n) is 9.99. The molecule has 4 nitrogen and oxygen atoms in total. The molecule has 0 aliphatic heterocycles. The number of Topliss-reactive ketones (excluding diaryl/α,β-unsaturated/α-hetero) is 1. The first-order valence-corrected chi connectivity index (χ1v) is 5.03. The number of benzene rings is 1. The van der Waals surface area contributed by atoms with E-state index in [4.69, 9.17) is 14.2 Å². The van der Waals surface area contributed by atoms with Gasteiger partial charge >= 0.3 is 0 Å². The summed E-state index contributed by atoms with van der Waals surface area (Å²) in [4.78, 5) is 11.5. The van der Waals surface area contributed by atoms with Crippen molar-refractivity contribution in [3.8, 4) is 17.2 Å². The van der Waals surface area contributed by atoms with Crippen molar-refractivity contribution >= 4 is 5.78 Å². The second-order valence-corrected chi connectivity index (χ2v) is 3.19. The molecule has 1 aromatic carbocycles. The summed E-state index contributed by atoms with van der Waals surface area (Å²) in [5.41, 5.74) is 0.449. The van der Waals surface area contributed by atoms with Crippen LogP contribution < -0.4 is 14.2 Å². The second kappa shape index (κ2) is 5.39. The Balaban J connectivity index is 3.34. The molecule has 0 bridgehead atoms. The standard InChI is InChI=1S/C12H16O4/c1-5-16-11-7-9(14-3)6-10(15-4)12(11)8(2)13/h6-7H,5H2,1-4H3. The van der Waals surface area contributed by atoms with E-state index in [9.17, 15) is 4.79 Å². The van der Waals surface area contributed by atoms with Gasteiger partial charge in [0.05, 0.1) is 20.8 Å². The molecular weight excluding hydrogens is 208 g/mol. The van der Waals surface area contributed by atoms with Gasteiger partial charge < -0.3 is 14.2 Å². The van der Waals surface area contributed by atoms with Gasteiger partial charge in [0.15, 0.2) is 5.78 Å². The van der Waals surface area contributed by atoms with E-state index in [1.165, 1.54) is 14.0 Å². The van der Waals surface area contributed by atoms with Gasteiger partial charge in [-0.1, -0.05) is 0 Å². The predicted octanol–water partition coefficient (Wildman–Crippen LogP) is 2.31. The molecule has 88 valence electrons. The fraction of sp³-hybridized carbons (Fsp3) is 0.417. The summed E-state index contributed by atoms with van der Waals surface area (Å²) in [6.07, 6.45) is 0. The van der Waals surface area contributed by atoms with Crippen LogP contribution in [0.25, 0.3) is 0 Å². The van der Waals surface area contributed by atoms with Gasteiger partial charge in [0.25, 0.3) is 0 Å². The molecule has 0 aliphatic carbocycles. The lowest BCUT2D eigenvalue weighted by Gasteiger charge is -2.13. The highest BCUT2D eigenvalue weighted by Crippen LogP contribution is 2.34. The van der Waals surface area contributed by atoms with Gasteiger partial charge in [-0.05, 0) is 13.8 Å². The van der Waals surface area contributed by atoms with Crippen LogP contribution in [0.3, 0.4) is 0 Å². The van der Waals surface area contributed by atoms with Crippen LogP contribution in [0.5, 0.6) is 17.2 Å². The van der Waals surface area contributed by atoms with Gasteiger partial charge in [-0.3, -0.25) is 4.79 Å². The van der Waals surface area contributed by atoms with Crippen LogP contribution in [0.15, 0.2) is 12.1 Å². The third kappa shape index (κ3) is 2.45. The first-order chi connectivity index (χ1) is 7.63. The zero-order chi connectivity index (χ0) is 12.1. The lowest BCUT2D eigenvalue weighted by atomic mass is 10.1. The Morgan fingerprint density at radius 2 is 1.81 bits per heavy atom. The molecule has 0 heterocycles. The number of hydrogen-bond donors (Lipinski definition) is 0. The molecule has 0 amide bonds. The van der Waals surface area contributed by atoms with Crippen LogP contribution in [0.1, 0.15) is 24.2 Å². The van der Waals surface area contributed by atoms with Crippen LogP contribution in [0.2, 0.25) is 0 Å². The third-order valence-electron chi connectivity index (χ3n) is 2.15. The molecule has 4 heteroatoms. The van der Waals surface area contributed by atoms with E-state index < -0.39 is 0 Å². The predicted molar refractivity (Wildman–Crippen MR) is 60.7 cm³/mol. The van der Waals surface area contributed by atoms with Gasteiger partial charge in [0.1, 0.15) is 22.8 Å². The van der Waals surface area contributed by atoms with E-state index >= 15 is 0 Å². The largest absolute Gasteiger partial charge is 0.496 e. The van der Waals surface area contributed by atoms with Crippen molar-refractivity contribution in [1.82, 2.24) is 0 Å². The Bertz CT molecular complexity index is 385. The van der Waals surface area contributed by atoms with Crippen LogP contribution in [0, 0.1) is 0 Å². The van der Waals surface area contributed by atoms with E-state index in [0.717, 1.165) is 0 Å². The Kier molecular flexibility index (Phi) is 4.17. The van der Waals surface area contributed by atoms with Crippen molar-refractivity contribution in [2.75, 3.05) is 20.8 Å². The lowest BCUT2D eigenvalue weighted by Crippen LogP contribution is -2.04. The lowest BCUT2D eigenvalue weighted by molar-refractivity contribution is 0.101. The highest BCUT2D eigenvalue weighted by Gasteiger charge is 2.17. The molecule has 0 atom stereocenters. The normalized spacial score (nSPS) is 9.75. The van der Waals surface area contributed by atoms with Crippen molar-refractivity contribution < 1.29 is 19.0 Å². The van der Waals surface area contributed by atoms with Gasteiger partial charge in [0.2, 0.25) is 0 Å². The number of carbonyl (C=O) groups is 1. The zero-order valence-corrected chi connectivity index (χ0v) is 9.99. The maximum Gasteiger partial charge on any atom is 0.167 e. The summed E-state index contributed by atoms with van der Waals surface area (Å²) >= 11 is 0. The van der Waals surface area contributed by atoms with Gasteiger partial charge in [-0.2, -0.15) is 0 Å². The van der Waals surface area contributed by atoms with E-state index in [1.54, 1.807) is 19.2 Å². The quantitative estimate of drug-likeness (QED) is 0.720. The molecule has 0 saturated carbocycles. The number of carbonyl (C=O) groups excluding carboxylic acids is 1. The van der Waals surface area contributed by atoms with Gasteiger partial charge in [-0.25, -0.2) is 0 Å². The molecule has 0 fully saturated rings. The van der Waals surface area contributed by atoms with Gasteiger partial charge in [0, 0.05) is 12.1 Å². The minimum atomic E-state index is -0.0945. The smallest absolute Gasteiger partial charge is 0.167 e. The Morgan fingerprint density at radius 3 is 2.25 bits per heavy atom. The molecule has 0 radical (unpaired) electrons. The van der Waals surface area contributed by atoms with Crippen LogP contribution in [-0.4, -0.2) is 26.6 Å². The maximum absolute atomic E-state index is 11.5. The van der Waals surface area contributed by atoms with Crippen LogP contribution >= 0.6 is 0 Å². The van der Waals surface area contributed by atoms with Gasteiger partial charge in [-0.15, -0.1) is 0 Å². The summed E-state index contributed by atoms with van der Waals surface area (Å²) in [6.45, 7) is 3.82. The van der Waals surface area contributed by atoms with E-state index in [2.05, 4.69) is 0 Å². The monoisotopic (exact) mass is 224 g/mol. The van der Waals surface area contributed by atoms with Crippen LogP contribution in [-0.2, 0) is 0 Å². The summed E-state index contributed by atoms with van der Waals surface area (Å²) in [5.74, 6) is 1.47. The minimum Gasteiger partial charge on any atom is -0.496 e. The number of rotatable bonds is 5. The van der Waals surface area contributed by atoms with Crippen LogP contribution in [0.4, 0.5) is 0 Å². The Morgan fingerprint density at radius 1 is 1.19 bits per heavy atom. The molecule has 0 spiro atoms. The Hall–Kier alpha value is -1.71. The van der Waals surface area contributed by atoms with Crippen molar-refractivity contribution in [3.05, 3.63) is 17.7 Å². The molecule has 0 unspecified atom stereocenters. The molecule has 0 saturated heterocycles. The van der Waals surface area contributed by atoms with Crippen molar-refractivity contribution in [1.29, 1.82) is 0 Å². The molecule has 0 N–H and O–H groups in total. The average molecular weight is 224 g/mol. The average Bonchev–Trinajstić information content (AvgIpc) is 2.27. The Labute approximate surface area is 95.1 Å². The molecule has 16 heavy (non-hydrogen) atoms. The molecule has 0 aromatic heterocycles. The number of ether oxygens (including phenoxy) is 3. The first-order valence-electron chi connectivity index (χ1n) is 5.03. The number of ketones is 1. The topological polar surface area (TPSA) is 44.8 Å². The fourth-order valence-electron chi connectivity index (χ4n) is 1.46. The summed E-state index contributed by atoms with van der Waals surface area (Å²) in [5, 5.41) is 0. The van der Waals surface area contributed by atoms with E-state index in [1.807, 2.05) is 6.92 Å². The first kappa shape index (κ1) is 12.4. The second-order valence-electron chi connectivity index (χ2n) is 3.19. The molecule has 0 aliphatic rings. The summed E-state index contributed by atoms with van der Waals surface area (Å²) in [7, 11) is 3.06. The minimum absolute atomic E-state index is 0.0945. The highest BCUT2D eigenvalue weighted by molar-refractivity contribution is 6.00. The molecular formula is C12H16O4. The number of methoxy groups -OCH3 is 2. The molecule has 1 aromatic rings. The third-order valence-corrected chi connectivity index (χ3v) is 2.15. The maximum atomic E-state index is 11.5. The van der Waals surface area contributed by atoms with Crippen molar-refractivity contribution in [2.45, 2.75) is 13.8 Å². The van der Waals surface area contributed by atoms with Crippen molar-refractivity contribution in [3.63, 3.8) is 0 Å². The van der Waals surface area contributed by atoms with E-state index in [0.29, 0.717) is 29.4 Å². The number of hydrogen-bond acceptors (Lipinski definition) is 4.